The Hall–Kier alpha value is -1.52. The lowest BCUT2D eigenvalue weighted by molar-refractivity contribution is 0.0942. The van der Waals surface area contributed by atoms with E-state index in [0.29, 0.717) is 6.54 Å². The van der Waals surface area contributed by atoms with Crippen LogP contribution in [0.3, 0.4) is 0 Å². The van der Waals surface area contributed by atoms with Crippen LogP contribution in [0, 0.1) is 27.7 Å². The Morgan fingerprint density at radius 2 is 1.81 bits per heavy atom. The molecule has 2 rings (SSSR count). The number of hydrogen-bond acceptors (Lipinski definition) is 4. The van der Waals surface area contributed by atoms with E-state index in [1.807, 2.05) is 33.3 Å². The minimum absolute atomic E-state index is 0.190. The molecule has 4 heteroatoms. The SMILES string of the molecule is Cc1cc(C)c(C(=O)CN(C)Cc2scnc2C)c(C)c1. The Labute approximate surface area is 130 Å². The highest BCUT2D eigenvalue weighted by molar-refractivity contribution is 7.09. The van der Waals surface area contributed by atoms with Gasteiger partial charge in [-0.15, -0.1) is 11.3 Å². The minimum Gasteiger partial charge on any atom is -0.294 e. The number of likely N-dealkylation sites (N-methyl/N-ethyl adjacent to an activating group) is 1. The quantitative estimate of drug-likeness (QED) is 0.790. The van der Waals surface area contributed by atoms with Gasteiger partial charge in [-0.25, -0.2) is 4.98 Å². The van der Waals surface area contributed by atoms with Gasteiger partial charge in [0, 0.05) is 17.0 Å². The zero-order chi connectivity index (χ0) is 15.6. The molecule has 112 valence electrons. The van der Waals surface area contributed by atoms with Crippen molar-refractivity contribution in [1.82, 2.24) is 9.88 Å². The van der Waals surface area contributed by atoms with Gasteiger partial charge in [0.15, 0.2) is 5.78 Å². The van der Waals surface area contributed by atoms with Gasteiger partial charge in [0.25, 0.3) is 0 Å². The van der Waals surface area contributed by atoms with Crippen LogP contribution in [0.4, 0.5) is 0 Å². The van der Waals surface area contributed by atoms with Crippen molar-refractivity contribution in [1.29, 1.82) is 0 Å². The van der Waals surface area contributed by atoms with Crippen molar-refractivity contribution >= 4 is 17.1 Å². The number of Topliss-reactive ketones (excluding diaryl/α,β-unsaturated/α-hetero) is 1. The van der Waals surface area contributed by atoms with Gasteiger partial charge >= 0.3 is 0 Å². The molecule has 21 heavy (non-hydrogen) atoms. The number of hydrogen-bond donors (Lipinski definition) is 0. The first kappa shape index (κ1) is 15.9. The van der Waals surface area contributed by atoms with E-state index in [9.17, 15) is 4.79 Å². The van der Waals surface area contributed by atoms with Gasteiger partial charge in [-0.05, 0) is 45.9 Å². The summed E-state index contributed by atoms with van der Waals surface area (Å²) in [4.78, 5) is 20.1. The summed E-state index contributed by atoms with van der Waals surface area (Å²) >= 11 is 1.64. The number of carbonyl (C=O) groups excluding carboxylic acids is 1. The van der Waals surface area contributed by atoms with E-state index in [1.165, 1.54) is 10.4 Å². The summed E-state index contributed by atoms with van der Waals surface area (Å²) in [6.07, 6.45) is 0. The van der Waals surface area contributed by atoms with E-state index in [-0.39, 0.29) is 5.78 Å². The topological polar surface area (TPSA) is 33.2 Å². The Bertz CT molecular complexity index is 638. The molecular weight excluding hydrogens is 280 g/mol. The second kappa shape index (κ2) is 6.50. The van der Waals surface area contributed by atoms with Crippen molar-refractivity contribution in [3.05, 3.63) is 50.5 Å². The largest absolute Gasteiger partial charge is 0.294 e. The van der Waals surface area contributed by atoms with Crippen molar-refractivity contribution in [2.24, 2.45) is 0 Å². The molecule has 0 bridgehead atoms. The number of carbonyl (C=O) groups is 1. The van der Waals surface area contributed by atoms with E-state index < -0.39 is 0 Å². The maximum Gasteiger partial charge on any atom is 0.177 e. The van der Waals surface area contributed by atoms with Crippen molar-refractivity contribution in [2.75, 3.05) is 13.6 Å². The molecule has 0 N–H and O–H groups in total. The third-order valence-electron chi connectivity index (χ3n) is 3.63. The van der Waals surface area contributed by atoms with Crippen LogP contribution < -0.4 is 0 Å². The molecule has 0 atom stereocenters. The van der Waals surface area contributed by atoms with Crippen LogP contribution >= 0.6 is 11.3 Å². The van der Waals surface area contributed by atoms with Gasteiger partial charge in [0.2, 0.25) is 0 Å². The Kier molecular flexibility index (Phi) is 4.91. The molecule has 0 aliphatic heterocycles. The van der Waals surface area contributed by atoms with Gasteiger partial charge < -0.3 is 0 Å². The van der Waals surface area contributed by atoms with Crippen molar-refractivity contribution < 1.29 is 4.79 Å². The third kappa shape index (κ3) is 3.77. The Morgan fingerprint density at radius 3 is 2.33 bits per heavy atom. The third-order valence-corrected chi connectivity index (χ3v) is 4.55. The summed E-state index contributed by atoms with van der Waals surface area (Å²) in [5.41, 5.74) is 7.12. The summed E-state index contributed by atoms with van der Waals surface area (Å²) in [6.45, 7) is 9.30. The number of benzene rings is 1. The molecule has 1 heterocycles. The lowest BCUT2D eigenvalue weighted by Gasteiger charge is -2.17. The molecular formula is C17H22N2OS. The molecule has 0 spiro atoms. The first-order valence-corrected chi connectivity index (χ1v) is 7.95. The Balaban J connectivity index is 2.10. The predicted octanol–water partition coefficient (Wildman–Crippen LogP) is 3.69. The Morgan fingerprint density at radius 1 is 1.19 bits per heavy atom. The summed E-state index contributed by atoms with van der Waals surface area (Å²) in [5.74, 6) is 0.190. The lowest BCUT2D eigenvalue weighted by atomic mass is 9.96. The first-order valence-electron chi connectivity index (χ1n) is 7.07. The summed E-state index contributed by atoms with van der Waals surface area (Å²) in [5, 5.41) is 0. The number of rotatable bonds is 5. The number of thiazole rings is 1. The standard InChI is InChI=1S/C17H22N2OS/c1-11-6-12(2)17(13(3)7-11)15(20)8-19(5)9-16-14(4)18-10-21-16/h6-7,10H,8-9H2,1-5H3. The highest BCUT2D eigenvalue weighted by atomic mass is 32.1. The molecule has 0 amide bonds. The summed E-state index contributed by atoms with van der Waals surface area (Å²) < 4.78 is 0. The molecule has 1 aromatic carbocycles. The van der Waals surface area contributed by atoms with E-state index in [4.69, 9.17) is 0 Å². The van der Waals surface area contributed by atoms with Crippen molar-refractivity contribution in [3.63, 3.8) is 0 Å². The second-order valence-corrected chi connectivity index (χ2v) is 6.67. The highest BCUT2D eigenvalue weighted by Crippen LogP contribution is 2.18. The van der Waals surface area contributed by atoms with Gasteiger partial charge in [0.1, 0.15) is 0 Å². The normalized spacial score (nSPS) is 11.1. The smallest absolute Gasteiger partial charge is 0.177 e. The molecule has 3 nitrogen and oxygen atoms in total. The second-order valence-electron chi connectivity index (χ2n) is 5.73. The van der Waals surface area contributed by atoms with Crippen LogP contribution in [0.1, 0.15) is 37.6 Å². The molecule has 0 unspecified atom stereocenters. The summed E-state index contributed by atoms with van der Waals surface area (Å²) in [7, 11) is 1.98. The summed E-state index contributed by atoms with van der Waals surface area (Å²) in [6, 6.07) is 4.15. The molecule has 0 aliphatic rings. The van der Waals surface area contributed by atoms with Gasteiger partial charge in [-0.3, -0.25) is 9.69 Å². The maximum atomic E-state index is 12.6. The van der Waals surface area contributed by atoms with Gasteiger partial charge in [0.05, 0.1) is 17.7 Å². The average molecular weight is 302 g/mol. The van der Waals surface area contributed by atoms with Crippen LogP contribution in [0.15, 0.2) is 17.6 Å². The molecule has 2 aromatic rings. The van der Waals surface area contributed by atoms with Gasteiger partial charge in [-0.1, -0.05) is 17.7 Å². The zero-order valence-corrected chi connectivity index (χ0v) is 14.2. The first-order chi connectivity index (χ1) is 9.88. The number of aryl methyl sites for hydroxylation is 4. The van der Waals surface area contributed by atoms with Gasteiger partial charge in [-0.2, -0.15) is 0 Å². The van der Waals surface area contributed by atoms with Crippen molar-refractivity contribution in [3.8, 4) is 0 Å². The van der Waals surface area contributed by atoms with E-state index in [2.05, 4.69) is 28.9 Å². The van der Waals surface area contributed by atoms with Crippen LogP contribution in [0.5, 0.6) is 0 Å². The molecule has 0 saturated heterocycles. The fourth-order valence-corrected chi connectivity index (χ4v) is 3.58. The molecule has 0 saturated carbocycles. The molecule has 1 aromatic heterocycles. The maximum absolute atomic E-state index is 12.6. The van der Waals surface area contributed by atoms with Crippen LogP contribution in [-0.2, 0) is 6.54 Å². The molecule has 0 radical (unpaired) electrons. The van der Waals surface area contributed by atoms with E-state index in [1.54, 1.807) is 11.3 Å². The minimum atomic E-state index is 0.190. The van der Waals surface area contributed by atoms with Crippen LogP contribution in [0.2, 0.25) is 0 Å². The monoisotopic (exact) mass is 302 g/mol. The van der Waals surface area contributed by atoms with Crippen molar-refractivity contribution in [2.45, 2.75) is 34.2 Å². The number of ketones is 1. The number of nitrogens with zero attached hydrogens (tertiary/aromatic N) is 2. The average Bonchev–Trinajstić information content (AvgIpc) is 2.73. The fraction of sp³-hybridized carbons (Fsp3) is 0.412. The number of aromatic nitrogens is 1. The van der Waals surface area contributed by atoms with Crippen LogP contribution in [0.25, 0.3) is 0 Å². The van der Waals surface area contributed by atoms with E-state index in [0.717, 1.165) is 28.9 Å². The lowest BCUT2D eigenvalue weighted by Crippen LogP contribution is -2.26. The van der Waals surface area contributed by atoms with Crippen LogP contribution in [-0.4, -0.2) is 29.3 Å². The van der Waals surface area contributed by atoms with E-state index >= 15 is 0 Å². The fourth-order valence-electron chi connectivity index (χ4n) is 2.72. The highest BCUT2D eigenvalue weighted by Gasteiger charge is 2.16. The predicted molar refractivity (Wildman–Crippen MR) is 88.2 cm³/mol. The zero-order valence-electron chi connectivity index (χ0n) is 13.4. The molecule has 0 fully saturated rings. The molecule has 0 aliphatic carbocycles.